The molecule has 6 nitrogen and oxygen atoms in total. The second-order valence-electron chi connectivity index (χ2n) is 6.91. The van der Waals surface area contributed by atoms with Crippen LogP contribution in [0.15, 0.2) is 12.3 Å². The largest absolute Gasteiger partial charge is 0.444 e. The van der Waals surface area contributed by atoms with Gasteiger partial charge in [0.2, 0.25) is 0 Å². The van der Waals surface area contributed by atoms with E-state index in [0.717, 1.165) is 31.4 Å². The van der Waals surface area contributed by atoms with E-state index in [2.05, 4.69) is 15.6 Å². The number of hydrogen-bond donors (Lipinski definition) is 3. The summed E-state index contributed by atoms with van der Waals surface area (Å²) < 4.78 is 5.31. The minimum atomic E-state index is -0.487. The number of nitrogens with two attached hydrogens (primary N) is 1. The van der Waals surface area contributed by atoms with Crippen LogP contribution in [0.1, 0.15) is 46.5 Å². The lowest BCUT2D eigenvalue weighted by Gasteiger charge is -2.32. The van der Waals surface area contributed by atoms with Crippen molar-refractivity contribution >= 4 is 29.1 Å². The third-order valence-electron chi connectivity index (χ3n) is 3.70. The third kappa shape index (κ3) is 5.46. The number of alkyl carbamates (subject to hydrolysis) is 1. The monoisotopic (exact) mass is 340 g/mol. The molecule has 0 saturated heterocycles. The van der Waals surface area contributed by atoms with Gasteiger partial charge in [0.15, 0.2) is 5.15 Å². The molecule has 1 aromatic rings. The Hall–Kier alpha value is -1.69. The fourth-order valence-electron chi connectivity index (χ4n) is 2.72. The number of pyridine rings is 1. The molecular weight excluding hydrogens is 316 g/mol. The summed E-state index contributed by atoms with van der Waals surface area (Å²) in [4.78, 5) is 15.8. The average Bonchev–Trinajstić information content (AvgIpc) is 2.42. The summed E-state index contributed by atoms with van der Waals surface area (Å²) in [5, 5.41) is 6.65. The molecule has 23 heavy (non-hydrogen) atoms. The maximum absolute atomic E-state index is 11.9. The minimum absolute atomic E-state index is 0.0923. The van der Waals surface area contributed by atoms with Crippen LogP contribution in [0.4, 0.5) is 16.2 Å². The normalized spacial score (nSPS) is 21.6. The van der Waals surface area contributed by atoms with Crippen molar-refractivity contribution in [2.24, 2.45) is 0 Å². The Kier molecular flexibility index (Phi) is 5.57. The van der Waals surface area contributed by atoms with E-state index in [-0.39, 0.29) is 18.2 Å². The smallest absolute Gasteiger partial charge is 0.407 e. The van der Waals surface area contributed by atoms with Gasteiger partial charge in [-0.15, -0.1) is 0 Å². The van der Waals surface area contributed by atoms with Gasteiger partial charge in [0.1, 0.15) is 5.60 Å². The number of halogens is 1. The van der Waals surface area contributed by atoms with Gasteiger partial charge in [0.05, 0.1) is 11.4 Å². The van der Waals surface area contributed by atoms with Crippen molar-refractivity contribution in [1.29, 1.82) is 0 Å². The van der Waals surface area contributed by atoms with Crippen molar-refractivity contribution in [2.75, 3.05) is 11.1 Å². The molecule has 1 amide bonds. The Bertz CT molecular complexity index is 560. The number of nitrogens with zero attached hydrogens (tertiary/aromatic N) is 1. The van der Waals surface area contributed by atoms with Gasteiger partial charge in [-0.3, -0.25) is 0 Å². The fraction of sp³-hybridized carbons (Fsp3) is 0.625. The van der Waals surface area contributed by atoms with Crippen LogP contribution in [0.5, 0.6) is 0 Å². The van der Waals surface area contributed by atoms with Gasteiger partial charge in [0.25, 0.3) is 0 Å². The van der Waals surface area contributed by atoms with E-state index >= 15 is 0 Å². The highest BCUT2D eigenvalue weighted by Gasteiger charge is 2.25. The van der Waals surface area contributed by atoms with Crippen molar-refractivity contribution in [3.63, 3.8) is 0 Å². The molecule has 1 aromatic heterocycles. The van der Waals surface area contributed by atoms with Crippen LogP contribution in [-0.2, 0) is 4.74 Å². The number of anilines is 2. The lowest BCUT2D eigenvalue weighted by atomic mass is 9.91. The zero-order valence-corrected chi connectivity index (χ0v) is 14.6. The quantitative estimate of drug-likeness (QED) is 0.732. The number of carbonyl (C=O) groups excluding carboxylic acids is 1. The lowest BCUT2D eigenvalue weighted by molar-refractivity contribution is 0.0492. The highest BCUT2D eigenvalue weighted by molar-refractivity contribution is 6.32. The Morgan fingerprint density at radius 1 is 1.39 bits per heavy atom. The van der Waals surface area contributed by atoms with Gasteiger partial charge in [-0.05, 0) is 52.5 Å². The van der Waals surface area contributed by atoms with Gasteiger partial charge < -0.3 is 21.1 Å². The summed E-state index contributed by atoms with van der Waals surface area (Å²) in [6.45, 7) is 5.56. The molecule has 7 heteroatoms. The van der Waals surface area contributed by atoms with Crippen LogP contribution in [0, 0.1) is 0 Å². The number of nitrogen functional groups attached to an aromatic ring is 1. The van der Waals surface area contributed by atoms with Crippen molar-refractivity contribution in [1.82, 2.24) is 10.3 Å². The molecule has 1 fully saturated rings. The van der Waals surface area contributed by atoms with E-state index in [1.165, 1.54) is 0 Å². The zero-order chi connectivity index (χ0) is 17.0. The van der Waals surface area contributed by atoms with E-state index in [0.29, 0.717) is 10.8 Å². The molecule has 1 aliphatic rings. The number of ether oxygens (including phenoxy) is 1. The molecule has 0 bridgehead atoms. The maximum atomic E-state index is 11.9. The molecule has 0 spiro atoms. The third-order valence-corrected chi connectivity index (χ3v) is 4.00. The van der Waals surface area contributed by atoms with Crippen molar-refractivity contribution in [3.8, 4) is 0 Å². The molecule has 4 N–H and O–H groups in total. The molecule has 2 rings (SSSR count). The van der Waals surface area contributed by atoms with Crippen LogP contribution in [0.3, 0.4) is 0 Å². The maximum Gasteiger partial charge on any atom is 0.407 e. The standard InChI is InChI=1S/C16H25ClN4O2/c1-16(2,3)23-15(22)21-11-6-4-5-10(9-11)20-12-7-8-19-14(17)13(12)18/h7-8,10-11H,4-6,9,18H2,1-3H3,(H,19,20)(H,21,22)/t10-,11+/m0/s1. The van der Waals surface area contributed by atoms with Crippen LogP contribution >= 0.6 is 11.6 Å². The molecule has 2 atom stereocenters. The Labute approximate surface area is 142 Å². The molecule has 0 aromatic carbocycles. The Morgan fingerprint density at radius 2 is 2.09 bits per heavy atom. The van der Waals surface area contributed by atoms with Crippen LogP contribution in [-0.4, -0.2) is 28.8 Å². The highest BCUT2D eigenvalue weighted by Crippen LogP contribution is 2.28. The van der Waals surface area contributed by atoms with Crippen LogP contribution in [0.2, 0.25) is 5.15 Å². The number of rotatable bonds is 3. The van der Waals surface area contributed by atoms with Gasteiger partial charge in [-0.2, -0.15) is 0 Å². The topological polar surface area (TPSA) is 89.3 Å². The summed E-state index contributed by atoms with van der Waals surface area (Å²) in [5.41, 5.74) is 6.69. The van der Waals surface area contributed by atoms with Gasteiger partial charge in [-0.1, -0.05) is 11.6 Å². The van der Waals surface area contributed by atoms with E-state index in [4.69, 9.17) is 22.1 Å². The predicted octanol–water partition coefficient (Wildman–Crippen LogP) is 3.57. The first kappa shape index (κ1) is 17.7. The second-order valence-corrected chi connectivity index (χ2v) is 7.27. The summed E-state index contributed by atoms with van der Waals surface area (Å²) in [6, 6.07) is 2.13. The van der Waals surface area contributed by atoms with Crippen LogP contribution in [0.25, 0.3) is 0 Å². The average molecular weight is 341 g/mol. The van der Waals surface area contributed by atoms with E-state index in [1.54, 1.807) is 6.20 Å². The fourth-order valence-corrected chi connectivity index (χ4v) is 2.88. The van der Waals surface area contributed by atoms with E-state index in [1.807, 2.05) is 26.8 Å². The number of amides is 1. The molecule has 0 aliphatic heterocycles. The van der Waals surface area contributed by atoms with E-state index < -0.39 is 5.60 Å². The lowest BCUT2D eigenvalue weighted by Crippen LogP contribution is -2.43. The Balaban J connectivity index is 1.91. The van der Waals surface area contributed by atoms with Gasteiger partial charge in [0, 0.05) is 18.3 Å². The number of hydrogen-bond acceptors (Lipinski definition) is 5. The van der Waals surface area contributed by atoms with Crippen molar-refractivity contribution in [3.05, 3.63) is 17.4 Å². The Morgan fingerprint density at radius 3 is 2.78 bits per heavy atom. The summed E-state index contributed by atoms with van der Waals surface area (Å²) in [7, 11) is 0. The van der Waals surface area contributed by atoms with Crippen molar-refractivity contribution < 1.29 is 9.53 Å². The van der Waals surface area contributed by atoms with Crippen LogP contribution < -0.4 is 16.4 Å². The molecule has 0 radical (unpaired) electrons. The predicted molar refractivity (Wildman–Crippen MR) is 92.7 cm³/mol. The summed E-state index contributed by atoms with van der Waals surface area (Å²) >= 11 is 5.94. The highest BCUT2D eigenvalue weighted by atomic mass is 35.5. The first-order valence-corrected chi connectivity index (χ1v) is 8.28. The first-order chi connectivity index (χ1) is 10.7. The second kappa shape index (κ2) is 7.25. The number of aromatic nitrogens is 1. The molecular formula is C16H25ClN4O2. The molecule has 0 unspecified atom stereocenters. The number of nitrogens with one attached hydrogen (secondary N) is 2. The SMILES string of the molecule is CC(C)(C)OC(=O)N[C@@H]1CCC[C@H](Nc2ccnc(Cl)c2N)C1. The molecule has 1 aliphatic carbocycles. The van der Waals surface area contributed by atoms with Gasteiger partial charge in [-0.25, -0.2) is 9.78 Å². The minimum Gasteiger partial charge on any atom is -0.444 e. The molecule has 1 heterocycles. The zero-order valence-electron chi connectivity index (χ0n) is 13.9. The summed E-state index contributed by atoms with van der Waals surface area (Å²) in [5.74, 6) is 0. The molecule has 1 saturated carbocycles. The van der Waals surface area contributed by atoms with Gasteiger partial charge >= 0.3 is 6.09 Å². The molecule has 128 valence electrons. The van der Waals surface area contributed by atoms with E-state index in [9.17, 15) is 4.79 Å². The summed E-state index contributed by atoms with van der Waals surface area (Å²) in [6.07, 6.45) is 5.07. The first-order valence-electron chi connectivity index (χ1n) is 7.90. The van der Waals surface area contributed by atoms with Crippen molar-refractivity contribution in [2.45, 2.75) is 64.1 Å². The number of carbonyl (C=O) groups is 1.